The van der Waals surface area contributed by atoms with E-state index < -0.39 is 5.91 Å². The van der Waals surface area contributed by atoms with Gasteiger partial charge in [-0.15, -0.1) is 0 Å². The van der Waals surface area contributed by atoms with E-state index in [0.29, 0.717) is 0 Å². The predicted octanol–water partition coefficient (Wildman–Crippen LogP) is 0.200. The van der Waals surface area contributed by atoms with Crippen molar-refractivity contribution in [2.75, 3.05) is 7.05 Å². The molecule has 2 amide bonds. The van der Waals surface area contributed by atoms with Crippen molar-refractivity contribution >= 4 is 11.8 Å². The summed E-state index contributed by atoms with van der Waals surface area (Å²) in [5, 5.41) is 3.49. The molecule has 1 fully saturated rings. The maximum absolute atomic E-state index is 10.8. The van der Waals surface area contributed by atoms with Crippen molar-refractivity contribution in [3.8, 4) is 0 Å². The van der Waals surface area contributed by atoms with E-state index in [2.05, 4.69) is 11.9 Å². The van der Waals surface area contributed by atoms with Gasteiger partial charge in [-0.2, -0.15) is 0 Å². The zero-order chi connectivity index (χ0) is 7.72. The summed E-state index contributed by atoms with van der Waals surface area (Å²) in [4.78, 5) is 22.6. The van der Waals surface area contributed by atoms with Crippen molar-refractivity contribution in [3.63, 3.8) is 0 Å². The van der Waals surface area contributed by atoms with Crippen LogP contribution in [0.3, 0.4) is 0 Å². The molecule has 1 saturated heterocycles. The summed E-state index contributed by atoms with van der Waals surface area (Å²) in [5.74, 6) is -0.431. The molecule has 0 spiro atoms. The Morgan fingerprint density at radius 3 is 1.56 bits per heavy atom. The third kappa shape index (κ3) is 21.6. The first kappa shape index (κ1) is 50.0. The fraction of sp³-hybridized carbons (Fsp3) is 0.333. The fourth-order valence-electron chi connectivity index (χ4n) is 0.650. The summed E-state index contributed by atoms with van der Waals surface area (Å²) in [6, 6.07) is 0. The SMILES string of the molecule is C=C1[N-]C(=O)CC(=O)N1C.[Y].[Y].[Y].[Y].[Y].[Y].[Y].[Y]. The molecule has 1 rings (SSSR count). The normalized spacial score (nSPS) is 10.7. The molecule has 1 aliphatic heterocycles. The Hall–Kier alpha value is 7.51. The van der Waals surface area contributed by atoms with E-state index in [0.717, 1.165) is 0 Å². The molecule has 0 aromatic heterocycles. The van der Waals surface area contributed by atoms with Crippen LogP contribution in [0.25, 0.3) is 5.32 Å². The fourth-order valence-corrected chi connectivity index (χ4v) is 0.650. The van der Waals surface area contributed by atoms with E-state index in [9.17, 15) is 9.59 Å². The first-order valence-corrected chi connectivity index (χ1v) is 2.81. The van der Waals surface area contributed by atoms with Crippen molar-refractivity contribution in [2.24, 2.45) is 0 Å². The van der Waals surface area contributed by atoms with Gasteiger partial charge in [-0.1, -0.05) is 19.4 Å². The van der Waals surface area contributed by atoms with E-state index in [4.69, 9.17) is 0 Å². The zero-order valence-corrected chi connectivity index (χ0v) is 33.0. The van der Waals surface area contributed by atoms with Crippen LogP contribution in [0.4, 0.5) is 0 Å². The third-order valence-electron chi connectivity index (χ3n) is 1.32. The maximum atomic E-state index is 10.8. The van der Waals surface area contributed by atoms with Crippen molar-refractivity contribution in [1.82, 2.24) is 4.90 Å². The number of hydrogen-bond acceptors (Lipinski definition) is 2. The van der Waals surface area contributed by atoms with Crippen LogP contribution in [-0.4, -0.2) is 23.8 Å². The van der Waals surface area contributed by atoms with E-state index in [1.54, 1.807) is 7.05 Å². The van der Waals surface area contributed by atoms with Crippen LogP contribution in [0, 0.1) is 0 Å². The van der Waals surface area contributed by atoms with Gasteiger partial charge in [0.1, 0.15) is 0 Å². The monoisotopic (exact) mass is 850 g/mol. The molecule has 0 saturated carbocycles. The Labute approximate surface area is 310 Å². The molecule has 1 aliphatic rings. The van der Waals surface area contributed by atoms with Crippen LogP contribution in [-0.2, 0) is 271 Å². The Morgan fingerprint density at radius 1 is 0.944 bits per heavy atom. The van der Waals surface area contributed by atoms with Crippen LogP contribution < -0.4 is 0 Å². The van der Waals surface area contributed by atoms with Gasteiger partial charge in [0.25, 0.3) is 0 Å². The van der Waals surface area contributed by atoms with E-state index in [-0.39, 0.29) is 280 Å². The molecule has 18 heavy (non-hydrogen) atoms. The number of hydrogen-bond donors (Lipinski definition) is 0. The van der Waals surface area contributed by atoms with Crippen molar-refractivity contribution < 1.29 is 271 Å². The molecule has 1 heterocycles. The second-order valence-electron chi connectivity index (χ2n) is 2.05. The van der Waals surface area contributed by atoms with Crippen molar-refractivity contribution in [1.29, 1.82) is 0 Å². The quantitative estimate of drug-likeness (QED) is 0.328. The van der Waals surface area contributed by atoms with Crippen LogP contribution in [0.2, 0.25) is 0 Å². The van der Waals surface area contributed by atoms with Gasteiger partial charge in [0.05, 0.1) is 6.42 Å². The van der Waals surface area contributed by atoms with Crippen molar-refractivity contribution in [3.05, 3.63) is 17.7 Å². The minimum absolute atomic E-state index is 0. The largest absolute Gasteiger partial charge is 0.418 e. The Bertz CT molecular complexity index is 208. The summed E-state index contributed by atoms with van der Waals surface area (Å²) in [5.41, 5.74) is 0. The Morgan fingerprint density at radius 2 is 1.28 bits per heavy atom. The summed E-state index contributed by atoms with van der Waals surface area (Å²) in [6.45, 7) is 3.41. The number of nitrogens with zero attached hydrogens (tertiary/aromatic N) is 2. The maximum Gasteiger partial charge on any atom is 0.154 e. The first-order chi connectivity index (χ1) is 4.61. The number of amides is 2. The topological polar surface area (TPSA) is 51.5 Å². The van der Waals surface area contributed by atoms with Crippen LogP contribution in [0.15, 0.2) is 12.4 Å². The molecule has 0 aromatic rings. The molecule has 0 aliphatic carbocycles. The van der Waals surface area contributed by atoms with Gasteiger partial charge < -0.3 is 10.2 Å². The minimum Gasteiger partial charge on any atom is -0.418 e. The predicted molar refractivity (Wildman–Crippen MR) is 34.9 cm³/mol. The number of rotatable bonds is 0. The molecular weight excluding hydrogens is 843 g/mol. The van der Waals surface area contributed by atoms with Gasteiger partial charge in [-0.3, -0.25) is 9.59 Å². The summed E-state index contributed by atoms with van der Waals surface area (Å²) < 4.78 is 0. The summed E-state index contributed by atoms with van der Waals surface area (Å²) >= 11 is 0. The average molecular weight is 850 g/mol. The van der Waals surface area contributed by atoms with Crippen LogP contribution >= 0.6 is 0 Å². The molecule has 0 bridgehead atoms. The van der Waals surface area contributed by atoms with Gasteiger partial charge in [0.2, 0.25) is 0 Å². The van der Waals surface area contributed by atoms with Crippen molar-refractivity contribution in [2.45, 2.75) is 6.42 Å². The van der Waals surface area contributed by atoms with E-state index >= 15 is 0 Å². The third-order valence-corrected chi connectivity index (χ3v) is 1.32. The van der Waals surface area contributed by atoms with Crippen LogP contribution in [0.1, 0.15) is 6.42 Å². The van der Waals surface area contributed by atoms with Gasteiger partial charge in [-0.25, -0.2) is 0 Å². The molecule has 0 atom stereocenters. The zero-order valence-electron chi connectivity index (χ0n) is 10.2. The Kier molecular flexibility index (Phi) is 81.3. The van der Waals surface area contributed by atoms with Gasteiger partial charge in [0, 0.05) is 262 Å². The standard InChI is InChI=1S/C6H8N2O2.8Y/c1-4-7-5(9)3-6(10)8(4)2;;;;;;;;/h1,3H2,2H3,(H,7,9);;;;;;;;/p-1. The molecule has 0 aromatic carbocycles. The van der Waals surface area contributed by atoms with Crippen LogP contribution in [0.5, 0.6) is 0 Å². The Balaban J connectivity index is -0.0000000208. The molecule has 8 radical (unpaired) electrons. The second kappa shape index (κ2) is 29.3. The molecule has 0 unspecified atom stereocenters. The molecule has 0 N–H and O–H groups in total. The second-order valence-corrected chi connectivity index (χ2v) is 2.05. The van der Waals surface area contributed by atoms with Gasteiger partial charge in [-0.05, 0) is 0 Å². The van der Waals surface area contributed by atoms with E-state index in [1.165, 1.54) is 4.90 Å². The minimum atomic E-state index is -0.409. The van der Waals surface area contributed by atoms with E-state index in [1.807, 2.05) is 0 Å². The smallest absolute Gasteiger partial charge is 0.154 e. The summed E-state index contributed by atoms with van der Waals surface area (Å²) in [6.07, 6.45) is -0.129. The average Bonchev–Trinajstić information content (AvgIpc) is 1.82. The molecule has 4 nitrogen and oxygen atoms in total. The first-order valence-electron chi connectivity index (χ1n) is 2.81. The molecular formula is C6H7N2O2Y8-. The number of carbonyl (C=O) groups is 2. The van der Waals surface area contributed by atoms with Gasteiger partial charge >= 0.3 is 0 Å². The van der Waals surface area contributed by atoms with Gasteiger partial charge in [0.15, 0.2) is 11.8 Å². The summed E-state index contributed by atoms with van der Waals surface area (Å²) in [7, 11) is 1.54. The number of carbonyl (C=O) groups excluding carboxylic acids is 2. The molecule has 78 valence electrons. The molecule has 12 heteroatoms.